The van der Waals surface area contributed by atoms with Gasteiger partial charge in [-0.3, -0.25) is 0 Å². The Balaban J connectivity index is 2.69. The first-order valence-corrected chi connectivity index (χ1v) is 5.62. The van der Waals surface area contributed by atoms with Crippen LogP contribution in [0, 0.1) is 17.8 Å². The maximum atomic E-state index is 10.6. The first-order chi connectivity index (χ1) is 7.00. The molecule has 0 bridgehead atoms. The Hall–Kier alpha value is -1.06. The zero-order valence-electron chi connectivity index (χ0n) is 9.79. The van der Waals surface area contributed by atoms with Gasteiger partial charge in [0.05, 0.1) is 0 Å². The quantitative estimate of drug-likeness (QED) is 0.675. The molecule has 1 saturated carbocycles. The highest BCUT2D eigenvalue weighted by Gasteiger charge is 2.27. The van der Waals surface area contributed by atoms with Crippen molar-refractivity contribution in [1.29, 1.82) is 0 Å². The van der Waals surface area contributed by atoms with Gasteiger partial charge in [-0.1, -0.05) is 20.8 Å². The lowest BCUT2D eigenvalue weighted by atomic mass is 9.76. The Morgan fingerprint density at radius 2 is 2.20 bits per heavy atom. The maximum absolute atomic E-state index is 10.6. The molecule has 0 aromatic heterocycles. The van der Waals surface area contributed by atoms with Crippen molar-refractivity contribution in [2.24, 2.45) is 28.6 Å². The highest BCUT2D eigenvalue weighted by Crippen LogP contribution is 2.30. The first-order valence-electron chi connectivity index (χ1n) is 5.62. The molecule has 1 rings (SSSR count). The number of hydrazone groups is 1. The van der Waals surface area contributed by atoms with Gasteiger partial charge in [-0.2, -0.15) is 5.10 Å². The minimum atomic E-state index is -0.580. The monoisotopic (exact) mass is 211 g/mol. The van der Waals surface area contributed by atoms with Crippen LogP contribution >= 0.6 is 0 Å². The van der Waals surface area contributed by atoms with E-state index in [1.165, 1.54) is 6.42 Å². The molecule has 4 heteroatoms. The molecule has 3 N–H and O–H groups in total. The van der Waals surface area contributed by atoms with E-state index >= 15 is 0 Å². The number of rotatable bonds is 2. The van der Waals surface area contributed by atoms with E-state index in [0.717, 1.165) is 18.6 Å². The van der Waals surface area contributed by atoms with Gasteiger partial charge >= 0.3 is 6.03 Å². The normalized spacial score (nSPS) is 29.5. The van der Waals surface area contributed by atoms with Crippen LogP contribution in [0.3, 0.4) is 0 Å². The fourth-order valence-corrected chi connectivity index (χ4v) is 2.21. The average Bonchev–Trinajstić information content (AvgIpc) is 2.14. The van der Waals surface area contributed by atoms with Gasteiger partial charge in [0.1, 0.15) is 0 Å². The van der Waals surface area contributed by atoms with Crippen LogP contribution in [-0.4, -0.2) is 11.7 Å². The zero-order chi connectivity index (χ0) is 11.4. The number of urea groups is 1. The molecule has 86 valence electrons. The molecule has 0 unspecified atom stereocenters. The van der Waals surface area contributed by atoms with Crippen LogP contribution in [0.2, 0.25) is 0 Å². The lowest BCUT2D eigenvalue weighted by Gasteiger charge is -2.30. The number of hydrogen-bond acceptors (Lipinski definition) is 2. The predicted octanol–water partition coefficient (Wildman–Crippen LogP) is 2.10. The Kier molecular flexibility index (Phi) is 4.12. The van der Waals surface area contributed by atoms with Crippen molar-refractivity contribution in [3.05, 3.63) is 0 Å². The summed E-state index contributed by atoms with van der Waals surface area (Å²) in [6.45, 7) is 6.61. The van der Waals surface area contributed by atoms with Gasteiger partial charge in [-0.15, -0.1) is 0 Å². The average molecular weight is 211 g/mol. The van der Waals surface area contributed by atoms with Gasteiger partial charge in [0, 0.05) is 11.6 Å². The molecule has 0 aromatic rings. The van der Waals surface area contributed by atoms with E-state index in [-0.39, 0.29) is 0 Å². The summed E-state index contributed by atoms with van der Waals surface area (Å²) in [7, 11) is 0. The molecule has 1 fully saturated rings. The maximum Gasteiger partial charge on any atom is 0.332 e. The van der Waals surface area contributed by atoms with Crippen molar-refractivity contribution in [3.8, 4) is 0 Å². The highest BCUT2D eigenvalue weighted by molar-refractivity contribution is 5.88. The Labute approximate surface area is 91.3 Å². The van der Waals surface area contributed by atoms with Crippen LogP contribution < -0.4 is 11.2 Å². The van der Waals surface area contributed by atoms with Crippen molar-refractivity contribution in [2.45, 2.75) is 40.0 Å². The Bertz CT molecular complexity index is 261. The Morgan fingerprint density at radius 3 is 2.73 bits per heavy atom. The molecule has 0 spiro atoms. The number of nitrogens with one attached hydrogen (secondary N) is 1. The van der Waals surface area contributed by atoms with E-state index in [1.54, 1.807) is 0 Å². The zero-order valence-corrected chi connectivity index (χ0v) is 9.79. The number of carbonyl (C=O) groups excluding carboxylic acids is 1. The molecular formula is C11H21N3O. The van der Waals surface area contributed by atoms with Crippen LogP contribution in [0.1, 0.15) is 40.0 Å². The smallest absolute Gasteiger partial charge is 0.332 e. The summed E-state index contributed by atoms with van der Waals surface area (Å²) < 4.78 is 0. The lowest BCUT2D eigenvalue weighted by molar-refractivity contribution is 0.249. The molecule has 15 heavy (non-hydrogen) atoms. The first kappa shape index (κ1) is 12.0. The van der Waals surface area contributed by atoms with Gasteiger partial charge in [0.25, 0.3) is 0 Å². The molecule has 0 saturated heterocycles. The van der Waals surface area contributed by atoms with E-state index in [2.05, 4.69) is 31.3 Å². The topological polar surface area (TPSA) is 67.5 Å². The minimum Gasteiger partial charge on any atom is -0.350 e. The number of carbonyl (C=O) groups is 1. The van der Waals surface area contributed by atoms with E-state index in [1.807, 2.05) is 0 Å². The fourth-order valence-electron chi connectivity index (χ4n) is 2.21. The van der Waals surface area contributed by atoms with E-state index in [9.17, 15) is 4.79 Å². The van der Waals surface area contributed by atoms with Crippen LogP contribution in [-0.2, 0) is 0 Å². The molecular weight excluding hydrogens is 190 g/mol. The molecule has 0 heterocycles. The van der Waals surface area contributed by atoms with Crippen LogP contribution in [0.25, 0.3) is 0 Å². The molecule has 4 nitrogen and oxygen atoms in total. The third kappa shape index (κ3) is 3.53. The largest absolute Gasteiger partial charge is 0.350 e. The van der Waals surface area contributed by atoms with Crippen molar-refractivity contribution in [3.63, 3.8) is 0 Å². The molecule has 0 aromatic carbocycles. The lowest BCUT2D eigenvalue weighted by Crippen LogP contribution is -2.32. The summed E-state index contributed by atoms with van der Waals surface area (Å²) in [5, 5.41) is 4.13. The second kappa shape index (κ2) is 5.14. The third-order valence-electron chi connectivity index (χ3n) is 3.07. The molecule has 2 atom stereocenters. The van der Waals surface area contributed by atoms with E-state index < -0.39 is 6.03 Å². The number of nitrogens with two attached hydrogens (primary N) is 1. The van der Waals surface area contributed by atoms with Crippen molar-refractivity contribution in [2.75, 3.05) is 0 Å². The summed E-state index contributed by atoms with van der Waals surface area (Å²) in [5.41, 5.74) is 8.46. The summed E-state index contributed by atoms with van der Waals surface area (Å²) in [6.07, 6.45) is 3.39. The number of amides is 2. The van der Waals surface area contributed by atoms with Gasteiger partial charge in [0.2, 0.25) is 0 Å². The van der Waals surface area contributed by atoms with E-state index in [4.69, 9.17) is 5.73 Å². The Morgan fingerprint density at radius 1 is 1.53 bits per heavy atom. The standard InChI is InChI=1S/C11H21N3O/c1-7(2)9-5-4-8(3)6-10(9)13-14-11(12)15/h7-9H,4-6H2,1-3H3,(H3,12,14,15)/b13-10-/t8-,9-/m1/s1. The number of hydrogen-bond donors (Lipinski definition) is 2. The molecule has 2 amide bonds. The summed E-state index contributed by atoms with van der Waals surface area (Å²) in [5.74, 6) is 1.73. The number of primary amides is 1. The summed E-state index contributed by atoms with van der Waals surface area (Å²) in [4.78, 5) is 10.6. The summed E-state index contributed by atoms with van der Waals surface area (Å²) in [6, 6.07) is -0.580. The molecule has 1 aliphatic rings. The SMILES string of the molecule is CC(C)[C@H]1CC[C@@H](C)C/C1=N/NC(N)=O. The highest BCUT2D eigenvalue weighted by atomic mass is 16.2. The van der Waals surface area contributed by atoms with Crippen LogP contribution in [0.4, 0.5) is 4.79 Å². The second-order valence-electron chi connectivity index (χ2n) is 4.82. The molecule has 0 radical (unpaired) electrons. The van der Waals surface area contributed by atoms with Crippen molar-refractivity contribution in [1.82, 2.24) is 5.43 Å². The number of nitrogens with zero attached hydrogens (tertiary/aromatic N) is 1. The van der Waals surface area contributed by atoms with Gasteiger partial charge in [0.15, 0.2) is 0 Å². The van der Waals surface area contributed by atoms with Crippen LogP contribution in [0.5, 0.6) is 0 Å². The fraction of sp³-hybridized carbons (Fsp3) is 0.818. The predicted molar refractivity (Wildman–Crippen MR) is 61.5 cm³/mol. The van der Waals surface area contributed by atoms with Gasteiger partial charge < -0.3 is 5.73 Å². The van der Waals surface area contributed by atoms with Gasteiger partial charge in [-0.05, 0) is 31.1 Å². The molecule has 0 aliphatic heterocycles. The third-order valence-corrected chi connectivity index (χ3v) is 3.07. The van der Waals surface area contributed by atoms with Crippen molar-refractivity contribution < 1.29 is 4.79 Å². The second-order valence-corrected chi connectivity index (χ2v) is 4.82. The van der Waals surface area contributed by atoms with Gasteiger partial charge in [-0.25, -0.2) is 10.2 Å². The van der Waals surface area contributed by atoms with Crippen molar-refractivity contribution >= 4 is 11.7 Å². The minimum absolute atomic E-state index is 0.494. The summed E-state index contributed by atoms with van der Waals surface area (Å²) >= 11 is 0. The van der Waals surface area contributed by atoms with Crippen LogP contribution in [0.15, 0.2) is 5.10 Å². The molecule has 1 aliphatic carbocycles. The van der Waals surface area contributed by atoms with E-state index in [0.29, 0.717) is 17.8 Å².